The largest absolute Gasteiger partial charge is 0.397 e. The third-order valence-corrected chi connectivity index (χ3v) is 4.94. The molecule has 0 radical (unpaired) electrons. The Morgan fingerprint density at radius 3 is 2.72 bits per heavy atom. The molecule has 0 amide bonds. The van der Waals surface area contributed by atoms with Gasteiger partial charge in [-0.3, -0.25) is 14.3 Å². The molecule has 0 spiro atoms. The van der Waals surface area contributed by atoms with Gasteiger partial charge in [0.05, 0.1) is 33.5 Å². The summed E-state index contributed by atoms with van der Waals surface area (Å²) in [5.41, 5.74) is 18.3. The van der Waals surface area contributed by atoms with Crippen LogP contribution in [0.1, 0.15) is 11.4 Å². The lowest BCUT2D eigenvalue weighted by atomic mass is 10.2. The first kappa shape index (κ1) is 20.8. The fourth-order valence-electron chi connectivity index (χ4n) is 3.26. The molecule has 1 aromatic carbocycles. The van der Waals surface area contributed by atoms with Crippen LogP contribution < -0.4 is 28.1 Å². The highest BCUT2D eigenvalue weighted by atomic mass is 35.5. The molecule has 3 heterocycles. The lowest BCUT2D eigenvalue weighted by molar-refractivity contribution is 0.806. The van der Waals surface area contributed by atoms with Crippen LogP contribution in [0.15, 0.2) is 41.5 Å². The van der Waals surface area contributed by atoms with Gasteiger partial charge in [-0.15, -0.1) is 0 Å². The number of nitriles is 1. The molecule has 0 saturated carbocycles. The van der Waals surface area contributed by atoms with Crippen LogP contribution in [0.25, 0.3) is 16.6 Å². The maximum atomic E-state index is 13.4. The second kappa shape index (κ2) is 8.37. The first-order chi connectivity index (χ1) is 15.4. The number of rotatable bonds is 5. The molecule has 0 bridgehead atoms. The molecule has 160 valence electrons. The summed E-state index contributed by atoms with van der Waals surface area (Å²) < 4.78 is 1.41. The summed E-state index contributed by atoms with van der Waals surface area (Å²) in [6, 6.07) is 8.62. The molecule has 32 heavy (non-hydrogen) atoms. The fourth-order valence-corrected chi connectivity index (χ4v) is 3.51. The molecule has 12 heteroatoms. The summed E-state index contributed by atoms with van der Waals surface area (Å²) in [4.78, 5) is 29.9. The van der Waals surface area contributed by atoms with Crippen LogP contribution in [0.3, 0.4) is 0 Å². The first-order valence-corrected chi connectivity index (χ1v) is 9.75. The van der Waals surface area contributed by atoms with Gasteiger partial charge in [0.15, 0.2) is 5.82 Å². The average molecular weight is 449 g/mol. The molecular formula is C20H17ClN10O. The van der Waals surface area contributed by atoms with E-state index in [1.807, 2.05) is 6.07 Å². The van der Waals surface area contributed by atoms with Crippen LogP contribution in [0, 0.1) is 11.3 Å². The van der Waals surface area contributed by atoms with Gasteiger partial charge in [0.1, 0.15) is 23.3 Å². The number of fused-ring (bicyclic) bond motifs is 1. The Morgan fingerprint density at radius 2 is 1.97 bits per heavy atom. The monoisotopic (exact) mass is 448 g/mol. The molecule has 0 aliphatic carbocycles. The zero-order valence-electron chi connectivity index (χ0n) is 16.6. The number of halogens is 1. The van der Waals surface area contributed by atoms with Crippen molar-refractivity contribution in [3.05, 3.63) is 63.4 Å². The molecule has 3 aromatic heterocycles. The molecule has 0 aliphatic rings. The van der Waals surface area contributed by atoms with Gasteiger partial charge in [-0.1, -0.05) is 17.7 Å². The summed E-state index contributed by atoms with van der Waals surface area (Å²) in [6.07, 6.45) is 3.27. The molecule has 4 rings (SSSR count). The highest BCUT2D eigenvalue weighted by Gasteiger charge is 2.16. The summed E-state index contributed by atoms with van der Waals surface area (Å²) in [6.45, 7) is 0.263. The maximum Gasteiger partial charge on any atom is 0.267 e. The Bertz CT molecular complexity index is 1440. The van der Waals surface area contributed by atoms with Crippen LogP contribution in [-0.4, -0.2) is 31.0 Å². The van der Waals surface area contributed by atoms with Crippen molar-refractivity contribution in [1.82, 2.24) is 24.5 Å². The number of nitrogens with zero attached hydrogens (tertiary/aromatic N) is 6. The summed E-state index contributed by atoms with van der Waals surface area (Å²) in [7, 11) is 0. The van der Waals surface area contributed by atoms with E-state index >= 15 is 0 Å². The number of nitrogens with one attached hydrogen (secondary N) is 1. The molecule has 4 aromatic rings. The van der Waals surface area contributed by atoms with Gasteiger partial charge in [0.2, 0.25) is 5.95 Å². The highest BCUT2D eigenvalue weighted by Crippen LogP contribution is 2.22. The van der Waals surface area contributed by atoms with E-state index in [0.29, 0.717) is 27.7 Å². The minimum Gasteiger partial charge on any atom is -0.397 e. The summed E-state index contributed by atoms with van der Waals surface area (Å²) in [5.74, 6) is 0.535. The van der Waals surface area contributed by atoms with Gasteiger partial charge in [-0.25, -0.2) is 4.98 Å². The Labute approximate surface area is 186 Å². The van der Waals surface area contributed by atoms with E-state index in [1.165, 1.54) is 17.0 Å². The summed E-state index contributed by atoms with van der Waals surface area (Å²) >= 11 is 6.28. The number of nitrogens with two attached hydrogens (primary N) is 3. The topological polar surface area (TPSA) is 187 Å². The van der Waals surface area contributed by atoms with E-state index in [2.05, 4.69) is 25.3 Å². The number of hydrogen-bond donors (Lipinski definition) is 4. The van der Waals surface area contributed by atoms with Gasteiger partial charge in [0, 0.05) is 19.2 Å². The van der Waals surface area contributed by atoms with Crippen molar-refractivity contribution in [2.45, 2.75) is 6.42 Å². The molecule has 0 saturated heterocycles. The minimum absolute atomic E-state index is 0.0243. The fraction of sp³-hybridized carbons (Fsp3) is 0.100. The van der Waals surface area contributed by atoms with Crippen LogP contribution >= 0.6 is 11.6 Å². The van der Waals surface area contributed by atoms with E-state index in [4.69, 9.17) is 28.8 Å². The molecule has 0 unspecified atom stereocenters. The third-order valence-electron chi connectivity index (χ3n) is 4.63. The molecule has 7 N–H and O–H groups in total. The number of pyridine rings is 1. The van der Waals surface area contributed by atoms with Crippen molar-refractivity contribution >= 4 is 45.8 Å². The molecule has 11 nitrogen and oxygen atoms in total. The Morgan fingerprint density at radius 1 is 1.16 bits per heavy atom. The summed E-state index contributed by atoms with van der Waals surface area (Å²) in [5, 5.41) is 12.9. The smallest absolute Gasteiger partial charge is 0.267 e. The Hall–Kier alpha value is -4.43. The van der Waals surface area contributed by atoms with Crippen molar-refractivity contribution in [3.8, 4) is 11.8 Å². The number of aromatic nitrogens is 5. The molecular weight excluding hydrogens is 432 g/mol. The van der Waals surface area contributed by atoms with E-state index in [9.17, 15) is 10.1 Å². The Kier molecular flexibility index (Phi) is 5.44. The van der Waals surface area contributed by atoms with Gasteiger partial charge in [0.25, 0.3) is 5.56 Å². The first-order valence-electron chi connectivity index (χ1n) is 9.37. The minimum atomic E-state index is -0.351. The van der Waals surface area contributed by atoms with E-state index in [0.717, 1.165) is 0 Å². The maximum absolute atomic E-state index is 13.4. The van der Waals surface area contributed by atoms with Gasteiger partial charge >= 0.3 is 0 Å². The van der Waals surface area contributed by atoms with E-state index < -0.39 is 0 Å². The average Bonchev–Trinajstić information content (AvgIpc) is 2.73. The lowest BCUT2D eigenvalue weighted by Gasteiger charge is -2.15. The zero-order valence-corrected chi connectivity index (χ0v) is 17.3. The van der Waals surface area contributed by atoms with Crippen molar-refractivity contribution in [3.63, 3.8) is 0 Å². The third kappa shape index (κ3) is 3.82. The van der Waals surface area contributed by atoms with E-state index in [-0.39, 0.29) is 47.1 Å². The predicted octanol–water partition coefficient (Wildman–Crippen LogP) is 1.50. The Balaban J connectivity index is 1.77. The van der Waals surface area contributed by atoms with Crippen molar-refractivity contribution < 1.29 is 0 Å². The van der Waals surface area contributed by atoms with Crippen molar-refractivity contribution in [2.75, 3.05) is 29.1 Å². The molecule has 0 fully saturated rings. The zero-order chi connectivity index (χ0) is 22.8. The lowest BCUT2D eigenvalue weighted by Crippen LogP contribution is -2.26. The number of nitrogen functional groups attached to an aromatic ring is 3. The molecule has 0 atom stereocenters. The second-order valence-corrected chi connectivity index (χ2v) is 7.17. The number of anilines is 4. The van der Waals surface area contributed by atoms with Crippen molar-refractivity contribution in [2.24, 2.45) is 0 Å². The standard InChI is InChI=1S/C20H17ClN10O/c21-13-2-1-3-14-16(13)19(32)31(11-6-10(23)8-26-9-11)15(28-14)4-5-27-18-12(7-22)17(24)29-20(25)30-18/h1-3,6,8-9H,4-5,23H2,(H5,24,25,27,29,30). The van der Waals surface area contributed by atoms with Gasteiger partial charge in [-0.2, -0.15) is 15.2 Å². The normalized spacial score (nSPS) is 10.8. The quantitative estimate of drug-likeness (QED) is 0.348. The van der Waals surface area contributed by atoms with Crippen LogP contribution in [0.5, 0.6) is 0 Å². The van der Waals surface area contributed by atoms with Crippen LogP contribution in [0.2, 0.25) is 5.02 Å². The van der Waals surface area contributed by atoms with Crippen LogP contribution in [0.4, 0.5) is 23.3 Å². The van der Waals surface area contributed by atoms with Gasteiger partial charge in [-0.05, 0) is 18.2 Å². The number of hydrogen-bond acceptors (Lipinski definition) is 10. The van der Waals surface area contributed by atoms with Crippen LogP contribution in [-0.2, 0) is 6.42 Å². The molecule has 0 aliphatic heterocycles. The number of benzene rings is 1. The van der Waals surface area contributed by atoms with Gasteiger partial charge < -0.3 is 22.5 Å². The second-order valence-electron chi connectivity index (χ2n) is 6.76. The SMILES string of the molecule is N#Cc1c(N)nc(N)nc1NCCc1nc2cccc(Cl)c2c(=O)n1-c1cncc(N)c1. The predicted molar refractivity (Wildman–Crippen MR) is 122 cm³/mol. The highest BCUT2D eigenvalue weighted by molar-refractivity contribution is 6.35. The van der Waals surface area contributed by atoms with E-state index in [1.54, 1.807) is 24.3 Å². The van der Waals surface area contributed by atoms with Crippen molar-refractivity contribution in [1.29, 1.82) is 5.26 Å².